The van der Waals surface area contributed by atoms with Gasteiger partial charge in [0, 0.05) is 24.0 Å². The number of hydrogen-bond acceptors (Lipinski definition) is 2. The molecule has 2 aromatic rings. The average Bonchev–Trinajstić information content (AvgIpc) is 2.97. The number of aromatic amines is 1. The van der Waals surface area contributed by atoms with Gasteiger partial charge in [-0.2, -0.15) is 0 Å². The molecule has 1 aromatic carbocycles. The first kappa shape index (κ1) is 14.7. The van der Waals surface area contributed by atoms with Crippen LogP contribution in [0.25, 0.3) is 16.6 Å². The first-order chi connectivity index (χ1) is 11.3. The van der Waals surface area contributed by atoms with Crippen molar-refractivity contribution >= 4 is 16.6 Å². The molecule has 2 aliphatic heterocycles. The van der Waals surface area contributed by atoms with Crippen LogP contribution in [0.2, 0.25) is 0 Å². The van der Waals surface area contributed by atoms with E-state index in [4.69, 9.17) is 4.74 Å². The van der Waals surface area contributed by atoms with Crippen LogP contribution in [0.15, 0.2) is 17.7 Å². The lowest BCUT2D eigenvalue weighted by Crippen LogP contribution is -2.33. The van der Waals surface area contributed by atoms with Gasteiger partial charge in [-0.1, -0.05) is 13.8 Å². The Morgan fingerprint density at radius 2 is 2.00 bits per heavy atom. The molecule has 0 saturated carbocycles. The highest BCUT2D eigenvalue weighted by molar-refractivity contribution is 5.92. The van der Waals surface area contributed by atoms with E-state index in [0.29, 0.717) is 0 Å². The van der Waals surface area contributed by atoms with Crippen LogP contribution in [0.5, 0.6) is 5.75 Å². The third-order valence-corrected chi connectivity index (χ3v) is 5.54. The van der Waals surface area contributed by atoms with Crippen LogP contribution >= 0.6 is 0 Å². The summed E-state index contributed by atoms with van der Waals surface area (Å²) in [6.07, 6.45) is 5.84. The smallest absolute Gasteiger partial charge is 0.122 e. The highest BCUT2D eigenvalue weighted by Gasteiger charge is 2.29. The van der Waals surface area contributed by atoms with Gasteiger partial charge in [-0.05, 0) is 60.9 Å². The second kappa shape index (κ2) is 5.63. The van der Waals surface area contributed by atoms with E-state index in [1.165, 1.54) is 52.8 Å². The minimum absolute atomic E-state index is 0.998. The number of rotatable bonds is 3. The van der Waals surface area contributed by atoms with E-state index < -0.39 is 0 Å². The molecule has 0 saturated heterocycles. The number of nitrogens with zero attached hydrogens (tertiary/aromatic N) is 1. The molecule has 0 unspecified atom stereocenters. The second-order valence-electron chi connectivity index (χ2n) is 6.69. The van der Waals surface area contributed by atoms with Gasteiger partial charge in [0.2, 0.25) is 0 Å². The summed E-state index contributed by atoms with van der Waals surface area (Å²) in [5.41, 5.74) is 8.52. The van der Waals surface area contributed by atoms with Crippen molar-refractivity contribution in [3.63, 3.8) is 0 Å². The molecule has 23 heavy (non-hydrogen) atoms. The molecule has 0 aliphatic carbocycles. The van der Waals surface area contributed by atoms with Crippen molar-refractivity contribution in [2.24, 2.45) is 0 Å². The zero-order valence-corrected chi connectivity index (χ0v) is 14.5. The summed E-state index contributed by atoms with van der Waals surface area (Å²) in [5, 5.41) is 1.35. The van der Waals surface area contributed by atoms with Crippen LogP contribution in [0.3, 0.4) is 0 Å². The van der Waals surface area contributed by atoms with Gasteiger partial charge in [-0.25, -0.2) is 0 Å². The van der Waals surface area contributed by atoms with Gasteiger partial charge in [-0.15, -0.1) is 0 Å². The van der Waals surface area contributed by atoms with Crippen LogP contribution in [0.4, 0.5) is 0 Å². The van der Waals surface area contributed by atoms with Crippen LogP contribution in [-0.2, 0) is 12.8 Å². The Bertz CT molecular complexity index is 785. The van der Waals surface area contributed by atoms with Crippen LogP contribution < -0.4 is 4.74 Å². The predicted octanol–water partition coefficient (Wildman–Crippen LogP) is 4.51. The fourth-order valence-electron chi connectivity index (χ4n) is 4.34. The first-order valence-corrected chi connectivity index (χ1v) is 8.95. The van der Waals surface area contributed by atoms with Crippen LogP contribution in [0, 0.1) is 0 Å². The number of nitrogens with one attached hydrogen (secondary N) is 1. The van der Waals surface area contributed by atoms with Gasteiger partial charge in [0.1, 0.15) is 5.75 Å². The molecule has 3 nitrogen and oxygen atoms in total. The molecule has 1 aromatic heterocycles. The normalized spacial score (nSPS) is 17.4. The van der Waals surface area contributed by atoms with E-state index in [1.807, 2.05) is 0 Å². The number of ether oxygens (including phenoxy) is 1. The number of fused-ring (bicyclic) bond motifs is 5. The fraction of sp³-hybridized carbons (Fsp3) is 0.500. The van der Waals surface area contributed by atoms with Crippen molar-refractivity contribution in [3.8, 4) is 5.75 Å². The van der Waals surface area contributed by atoms with Crippen LogP contribution in [0.1, 0.15) is 49.9 Å². The lowest BCUT2D eigenvalue weighted by atomic mass is 9.91. The number of benzene rings is 1. The van der Waals surface area contributed by atoms with Gasteiger partial charge in [0.15, 0.2) is 0 Å². The van der Waals surface area contributed by atoms with E-state index in [1.54, 1.807) is 12.7 Å². The Kier molecular flexibility index (Phi) is 3.59. The van der Waals surface area contributed by atoms with Gasteiger partial charge in [0.25, 0.3) is 0 Å². The minimum Gasteiger partial charge on any atom is -0.496 e. The maximum atomic E-state index is 5.62. The van der Waals surface area contributed by atoms with Crippen molar-refractivity contribution in [3.05, 3.63) is 34.5 Å². The molecule has 0 spiro atoms. The third kappa shape index (κ3) is 2.17. The van der Waals surface area contributed by atoms with E-state index in [2.05, 4.69) is 35.9 Å². The SMILES string of the molecule is CCC1=C2c3[nH]c4cc(CC)c(OC)cc4c3CCN2CCC1. The van der Waals surface area contributed by atoms with Gasteiger partial charge in [0.05, 0.1) is 18.5 Å². The number of H-pyrrole nitrogens is 1. The van der Waals surface area contributed by atoms with Gasteiger partial charge >= 0.3 is 0 Å². The number of aryl methyl sites for hydroxylation is 1. The summed E-state index contributed by atoms with van der Waals surface area (Å²) in [7, 11) is 1.78. The monoisotopic (exact) mass is 310 g/mol. The summed E-state index contributed by atoms with van der Waals surface area (Å²) in [6.45, 7) is 6.84. The van der Waals surface area contributed by atoms with Crippen molar-refractivity contribution in [2.75, 3.05) is 20.2 Å². The second-order valence-corrected chi connectivity index (χ2v) is 6.69. The molecule has 4 rings (SSSR count). The molecule has 0 radical (unpaired) electrons. The Morgan fingerprint density at radius 3 is 2.74 bits per heavy atom. The van der Waals surface area contributed by atoms with Crippen molar-refractivity contribution in [1.82, 2.24) is 9.88 Å². The Morgan fingerprint density at radius 1 is 1.13 bits per heavy atom. The zero-order valence-electron chi connectivity index (χ0n) is 14.5. The lowest BCUT2D eigenvalue weighted by Gasteiger charge is -2.37. The van der Waals surface area contributed by atoms with Gasteiger partial charge < -0.3 is 14.6 Å². The minimum atomic E-state index is 0.998. The highest BCUT2D eigenvalue weighted by atomic mass is 16.5. The van der Waals surface area contributed by atoms with Gasteiger partial charge in [-0.3, -0.25) is 0 Å². The van der Waals surface area contributed by atoms with Crippen LogP contribution in [-0.4, -0.2) is 30.1 Å². The van der Waals surface area contributed by atoms with Crippen molar-refractivity contribution in [1.29, 1.82) is 0 Å². The molecule has 2 aliphatic rings. The molecule has 0 bridgehead atoms. The maximum Gasteiger partial charge on any atom is 0.122 e. The maximum absolute atomic E-state index is 5.62. The summed E-state index contributed by atoms with van der Waals surface area (Å²) >= 11 is 0. The van der Waals surface area contributed by atoms with E-state index in [9.17, 15) is 0 Å². The lowest BCUT2D eigenvalue weighted by molar-refractivity contribution is 0.361. The molecular weight excluding hydrogens is 284 g/mol. The quantitative estimate of drug-likeness (QED) is 0.903. The third-order valence-electron chi connectivity index (χ3n) is 5.54. The van der Waals surface area contributed by atoms with E-state index >= 15 is 0 Å². The topological polar surface area (TPSA) is 28.3 Å². The highest BCUT2D eigenvalue weighted by Crippen LogP contribution is 2.41. The molecule has 0 amide bonds. The van der Waals surface area contributed by atoms with E-state index in [0.717, 1.165) is 31.6 Å². The zero-order chi connectivity index (χ0) is 16.0. The Labute approximate surface area is 138 Å². The Hall–Kier alpha value is -1.90. The molecule has 0 atom stereocenters. The Balaban J connectivity index is 1.96. The summed E-state index contributed by atoms with van der Waals surface area (Å²) in [4.78, 5) is 6.35. The average molecular weight is 310 g/mol. The molecule has 122 valence electrons. The molecule has 3 heterocycles. The van der Waals surface area contributed by atoms with Crippen molar-refractivity contribution in [2.45, 2.75) is 46.0 Å². The first-order valence-electron chi connectivity index (χ1n) is 8.95. The fourth-order valence-corrected chi connectivity index (χ4v) is 4.34. The number of hydrogen-bond donors (Lipinski definition) is 1. The largest absolute Gasteiger partial charge is 0.496 e. The predicted molar refractivity (Wildman–Crippen MR) is 96.0 cm³/mol. The molecule has 1 N–H and O–H groups in total. The number of aromatic nitrogens is 1. The number of methoxy groups -OCH3 is 1. The summed E-state index contributed by atoms with van der Waals surface area (Å²) in [6, 6.07) is 4.53. The molecular formula is C20H26N2O. The molecule has 3 heteroatoms. The number of allylic oxidation sites excluding steroid dienone is 1. The van der Waals surface area contributed by atoms with E-state index in [-0.39, 0.29) is 0 Å². The standard InChI is InChI=1S/C20H26N2O/c1-4-13-7-6-9-22-10-8-15-16-12-18(23-3)14(5-2)11-17(16)21-19(15)20(13)22/h11-12,21H,4-10H2,1-3H3. The summed E-state index contributed by atoms with van der Waals surface area (Å²) in [5.74, 6) is 1.03. The summed E-state index contributed by atoms with van der Waals surface area (Å²) < 4.78 is 5.62. The van der Waals surface area contributed by atoms with Crippen molar-refractivity contribution < 1.29 is 4.74 Å². The molecule has 0 fully saturated rings.